The Morgan fingerprint density at radius 3 is 2.33 bits per heavy atom. The number of thioether (sulfide) groups is 1. The van der Waals surface area contributed by atoms with Gasteiger partial charge in [0.05, 0.1) is 4.87 Å². The van der Waals surface area contributed by atoms with Crippen molar-refractivity contribution >= 4 is 35.2 Å². The van der Waals surface area contributed by atoms with Gasteiger partial charge in [0.25, 0.3) is 5.91 Å². The van der Waals surface area contributed by atoms with Crippen LogP contribution in [0.25, 0.3) is 0 Å². The van der Waals surface area contributed by atoms with Crippen LogP contribution in [-0.2, 0) is 4.79 Å². The summed E-state index contributed by atoms with van der Waals surface area (Å²) in [7, 11) is 0. The molecule has 146 valence electrons. The molecule has 0 bridgehead atoms. The number of halogens is 1. The molecular weight excluding hydrogens is 380 g/mol. The summed E-state index contributed by atoms with van der Waals surface area (Å²) >= 11 is 7.86. The molecule has 1 aliphatic carbocycles. The van der Waals surface area contributed by atoms with Gasteiger partial charge in [0, 0.05) is 41.9 Å². The zero-order chi connectivity index (χ0) is 18.9. The molecule has 6 heteroatoms. The Balaban J connectivity index is 1.41. The first-order chi connectivity index (χ1) is 13.1. The number of likely N-dealkylation sites (tertiary alicyclic amines) is 1. The van der Waals surface area contributed by atoms with Crippen LogP contribution in [0.4, 0.5) is 0 Å². The summed E-state index contributed by atoms with van der Waals surface area (Å²) in [5.74, 6) is 1.68. The summed E-state index contributed by atoms with van der Waals surface area (Å²) in [6.07, 6.45) is 7.49. The molecule has 2 heterocycles. The average Bonchev–Trinajstić information content (AvgIpc) is 3.11. The van der Waals surface area contributed by atoms with Crippen LogP contribution in [0.2, 0.25) is 5.02 Å². The van der Waals surface area contributed by atoms with Crippen molar-refractivity contribution in [3.8, 4) is 0 Å². The summed E-state index contributed by atoms with van der Waals surface area (Å²) in [6.45, 7) is 2.29. The van der Waals surface area contributed by atoms with E-state index in [0.717, 1.165) is 38.0 Å². The van der Waals surface area contributed by atoms with Crippen molar-refractivity contribution in [2.45, 2.75) is 49.8 Å². The van der Waals surface area contributed by atoms with E-state index in [4.69, 9.17) is 11.6 Å². The van der Waals surface area contributed by atoms with Crippen LogP contribution in [0.15, 0.2) is 24.3 Å². The molecule has 0 N–H and O–H groups in total. The van der Waals surface area contributed by atoms with Gasteiger partial charge in [-0.25, -0.2) is 0 Å². The molecule has 2 aliphatic heterocycles. The maximum absolute atomic E-state index is 13.2. The maximum atomic E-state index is 13.2. The fraction of sp³-hybridized carbons (Fsp3) is 0.619. The van der Waals surface area contributed by atoms with Crippen molar-refractivity contribution < 1.29 is 9.59 Å². The largest absolute Gasteiger partial charge is 0.338 e. The van der Waals surface area contributed by atoms with Crippen LogP contribution in [0.3, 0.4) is 0 Å². The Labute approximate surface area is 170 Å². The third-order valence-electron chi connectivity index (χ3n) is 6.32. The van der Waals surface area contributed by atoms with Crippen LogP contribution in [0.5, 0.6) is 0 Å². The second kappa shape index (κ2) is 8.04. The molecular formula is C21H27ClN2O2S. The molecule has 4 rings (SSSR count). The lowest BCUT2D eigenvalue weighted by atomic mass is 9.87. The lowest BCUT2D eigenvalue weighted by molar-refractivity contribution is -0.140. The van der Waals surface area contributed by atoms with E-state index in [1.165, 1.54) is 19.3 Å². The van der Waals surface area contributed by atoms with Crippen LogP contribution in [0.1, 0.15) is 55.3 Å². The first-order valence-electron chi connectivity index (χ1n) is 10.1. The zero-order valence-electron chi connectivity index (χ0n) is 15.7. The summed E-state index contributed by atoms with van der Waals surface area (Å²) in [5.41, 5.74) is 0.685. The SMILES string of the molecule is O=C(c1ccc(Cl)cc1)N1CCC2(CC1)SCCN2C(=O)C1CCCCC1. The standard InChI is InChI=1S/C21H27ClN2O2S/c22-18-8-6-17(7-9-18)19(25)23-12-10-21(11-13-23)24(14-15-27-21)20(26)16-4-2-1-3-5-16/h6-9,16H,1-5,10-15H2. The number of nitrogens with zero attached hydrogens (tertiary/aromatic N) is 2. The van der Waals surface area contributed by atoms with Crippen molar-refractivity contribution in [1.29, 1.82) is 0 Å². The second-order valence-electron chi connectivity index (χ2n) is 7.92. The van der Waals surface area contributed by atoms with Gasteiger partial charge >= 0.3 is 0 Å². The summed E-state index contributed by atoms with van der Waals surface area (Å²) < 4.78 is 0. The van der Waals surface area contributed by atoms with Gasteiger partial charge in [-0.2, -0.15) is 0 Å². The summed E-state index contributed by atoms with van der Waals surface area (Å²) in [6, 6.07) is 7.10. The van der Waals surface area contributed by atoms with E-state index < -0.39 is 0 Å². The van der Waals surface area contributed by atoms with Crippen LogP contribution in [-0.4, -0.2) is 51.9 Å². The molecule has 0 unspecified atom stereocenters. The maximum Gasteiger partial charge on any atom is 0.253 e. The highest BCUT2D eigenvalue weighted by Crippen LogP contribution is 2.45. The number of rotatable bonds is 2. The van der Waals surface area contributed by atoms with Gasteiger partial charge < -0.3 is 9.80 Å². The minimum atomic E-state index is -0.0920. The lowest BCUT2D eigenvalue weighted by Gasteiger charge is -2.45. The Hall–Kier alpha value is -1.20. The highest BCUT2D eigenvalue weighted by atomic mass is 35.5. The number of benzene rings is 1. The van der Waals surface area contributed by atoms with Gasteiger partial charge in [-0.05, 0) is 49.9 Å². The highest BCUT2D eigenvalue weighted by Gasteiger charge is 2.48. The third kappa shape index (κ3) is 3.86. The smallest absolute Gasteiger partial charge is 0.253 e. The Morgan fingerprint density at radius 1 is 1.00 bits per heavy atom. The van der Waals surface area contributed by atoms with Gasteiger partial charge in [-0.1, -0.05) is 30.9 Å². The van der Waals surface area contributed by atoms with Gasteiger partial charge in [0.2, 0.25) is 5.91 Å². The van der Waals surface area contributed by atoms with E-state index in [9.17, 15) is 9.59 Å². The molecule has 1 saturated carbocycles. The molecule has 0 radical (unpaired) electrons. The van der Waals surface area contributed by atoms with E-state index in [1.807, 2.05) is 16.7 Å². The zero-order valence-corrected chi connectivity index (χ0v) is 17.2. The van der Waals surface area contributed by atoms with E-state index in [2.05, 4.69) is 4.90 Å². The Kier molecular flexibility index (Phi) is 5.70. The highest BCUT2D eigenvalue weighted by molar-refractivity contribution is 8.00. The fourth-order valence-corrected chi connectivity index (χ4v) is 6.33. The van der Waals surface area contributed by atoms with Crippen LogP contribution in [0, 0.1) is 5.92 Å². The van der Waals surface area contributed by atoms with E-state index in [0.29, 0.717) is 29.6 Å². The average molecular weight is 407 g/mol. The Bertz CT molecular complexity index is 695. The van der Waals surface area contributed by atoms with Crippen molar-refractivity contribution in [2.24, 2.45) is 5.92 Å². The number of amides is 2. The second-order valence-corrected chi connectivity index (χ2v) is 9.81. The van der Waals surface area contributed by atoms with Crippen molar-refractivity contribution in [3.05, 3.63) is 34.9 Å². The first-order valence-corrected chi connectivity index (χ1v) is 11.5. The quantitative estimate of drug-likeness (QED) is 0.729. The number of carbonyl (C=O) groups excluding carboxylic acids is 2. The fourth-order valence-electron chi connectivity index (χ4n) is 4.74. The monoisotopic (exact) mass is 406 g/mol. The Morgan fingerprint density at radius 2 is 1.67 bits per heavy atom. The summed E-state index contributed by atoms with van der Waals surface area (Å²) in [4.78, 5) is 29.9. The van der Waals surface area contributed by atoms with Crippen molar-refractivity contribution in [2.75, 3.05) is 25.4 Å². The molecule has 1 aromatic carbocycles. The third-order valence-corrected chi connectivity index (χ3v) is 8.13. The molecule has 3 fully saturated rings. The van der Waals surface area contributed by atoms with E-state index in [1.54, 1.807) is 24.3 Å². The van der Waals surface area contributed by atoms with Gasteiger partial charge in [-0.15, -0.1) is 11.8 Å². The van der Waals surface area contributed by atoms with Crippen LogP contribution >= 0.6 is 23.4 Å². The molecule has 0 atom stereocenters. The molecule has 2 amide bonds. The molecule has 4 nitrogen and oxygen atoms in total. The van der Waals surface area contributed by atoms with Crippen LogP contribution < -0.4 is 0 Å². The molecule has 3 aliphatic rings. The molecule has 0 aromatic heterocycles. The van der Waals surface area contributed by atoms with E-state index >= 15 is 0 Å². The number of hydrogen-bond donors (Lipinski definition) is 0. The minimum Gasteiger partial charge on any atom is -0.338 e. The molecule has 1 aromatic rings. The van der Waals surface area contributed by atoms with Gasteiger partial charge in [0.15, 0.2) is 0 Å². The predicted molar refractivity (Wildman–Crippen MR) is 110 cm³/mol. The summed E-state index contributed by atoms with van der Waals surface area (Å²) in [5, 5.41) is 0.642. The normalized spacial score (nSPS) is 23.0. The molecule has 27 heavy (non-hydrogen) atoms. The first kappa shape index (κ1) is 19.1. The lowest BCUT2D eigenvalue weighted by Crippen LogP contribution is -2.55. The number of piperidine rings is 1. The molecule has 1 spiro atoms. The number of carbonyl (C=O) groups is 2. The topological polar surface area (TPSA) is 40.6 Å². The molecule has 2 saturated heterocycles. The predicted octanol–water partition coefficient (Wildman–Crippen LogP) is 4.43. The van der Waals surface area contributed by atoms with Crippen molar-refractivity contribution in [1.82, 2.24) is 9.80 Å². The van der Waals surface area contributed by atoms with E-state index in [-0.39, 0.29) is 16.7 Å². The van der Waals surface area contributed by atoms with Crippen molar-refractivity contribution in [3.63, 3.8) is 0 Å². The van der Waals surface area contributed by atoms with Gasteiger partial charge in [0.1, 0.15) is 0 Å². The minimum absolute atomic E-state index is 0.0645. The number of hydrogen-bond acceptors (Lipinski definition) is 3. The van der Waals surface area contributed by atoms with Gasteiger partial charge in [-0.3, -0.25) is 9.59 Å².